The molecule has 0 aliphatic rings. The molecule has 2 amide bonds. The predicted octanol–water partition coefficient (Wildman–Crippen LogP) is 5.89. The number of sulfonamides is 1. The van der Waals surface area contributed by atoms with Crippen LogP contribution in [0.5, 0.6) is 5.75 Å². The molecule has 3 aromatic carbocycles. The Labute approximate surface area is 255 Å². The number of carbonyl (C=O) groups is 2. The summed E-state index contributed by atoms with van der Waals surface area (Å²) in [7, 11) is -4.19. The first-order chi connectivity index (χ1) is 19.4. The highest BCUT2D eigenvalue weighted by Gasteiger charge is 2.32. The summed E-state index contributed by atoms with van der Waals surface area (Å²) < 4.78 is 35.2. The number of carbonyl (C=O) groups excluding carboxylic acids is 2. The van der Waals surface area contributed by atoms with Gasteiger partial charge in [-0.25, -0.2) is 8.42 Å². The summed E-state index contributed by atoms with van der Waals surface area (Å²) in [6, 6.07) is 18.7. The summed E-state index contributed by atoms with van der Waals surface area (Å²) >= 11 is 9.42. The van der Waals surface area contributed by atoms with Gasteiger partial charge < -0.3 is 15.0 Å². The highest BCUT2D eigenvalue weighted by atomic mass is 79.9. The van der Waals surface area contributed by atoms with E-state index in [2.05, 4.69) is 21.2 Å². The Balaban J connectivity index is 2.01. The van der Waals surface area contributed by atoms with Gasteiger partial charge in [-0.1, -0.05) is 53.5 Å². The third kappa shape index (κ3) is 8.95. The van der Waals surface area contributed by atoms with Crippen LogP contribution in [0.15, 0.2) is 82.2 Å². The molecule has 41 heavy (non-hydrogen) atoms. The molecule has 8 nitrogen and oxygen atoms in total. The number of rotatable bonds is 13. The average molecular weight is 665 g/mol. The molecule has 0 unspecified atom stereocenters. The lowest BCUT2D eigenvalue weighted by Crippen LogP contribution is -2.51. The SMILES string of the molecule is CCOc1ccc(N(CC(=O)N(Cc2ccc(Br)cc2)[C@H](C)C(=O)NCC(C)C)S(=O)(=O)c2ccc(Cl)cc2)cc1. The highest BCUT2D eigenvalue weighted by molar-refractivity contribution is 9.10. The summed E-state index contributed by atoms with van der Waals surface area (Å²) in [6.45, 7) is 7.93. The molecule has 220 valence electrons. The summed E-state index contributed by atoms with van der Waals surface area (Å²) in [5.41, 5.74) is 1.07. The molecule has 0 spiro atoms. The number of anilines is 1. The van der Waals surface area contributed by atoms with E-state index < -0.39 is 28.5 Å². The Morgan fingerprint density at radius 2 is 1.56 bits per heavy atom. The van der Waals surface area contributed by atoms with E-state index in [1.54, 1.807) is 31.2 Å². The van der Waals surface area contributed by atoms with Crippen LogP contribution in [0.2, 0.25) is 5.02 Å². The Morgan fingerprint density at radius 1 is 0.951 bits per heavy atom. The van der Waals surface area contributed by atoms with Crippen molar-refractivity contribution >= 4 is 55.1 Å². The molecule has 3 aromatic rings. The standard InChI is InChI=1S/C30H35BrClN3O5S/c1-5-40-27-14-12-26(13-15-27)35(41(38,39)28-16-10-25(32)11-17-28)20-29(36)34(19-23-6-8-24(31)9-7-23)22(4)30(37)33-18-21(2)3/h6-17,21-22H,5,18-20H2,1-4H3,(H,33,37)/t22-/m1/s1. The van der Waals surface area contributed by atoms with Crippen molar-refractivity contribution in [2.75, 3.05) is 24.0 Å². The molecule has 0 aromatic heterocycles. The van der Waals surface area contributed by atoms with E-state index in [0.717, 1.165) is 14.3 Å². The fourth-order valence-electron chi connectivity index (χ4n) is 3.96. The minimum absolute atomic E-state index is 0.0224. The van der Waals surface area contributed by atoms with Crippen LogP contribution in [0.1, 0.15) is 33.3 Å². The number of nitrogens with one attached hydrogen (secondary N) is 1. The van der Waals surface area contributed by atoms with Crippen LogP contribution in [0.4, 0.5) is 5.69 Å². The first kappa shape index (κ1) is 32.4. The van der Waals surface area contributed by atoms with Gasteiger partial charge in [-0.15, -0.1) is 0 Å². The van der Waals surface area contributed by atoms with Crippen LogP contribution in [0.25, 0.3) is 0 Å². The summed E-state index contributed by atoms with van der Waals surface area (Å²) in [6.07, 6.45) is 0. The Morgan fingerprint density at radius 3 is 2.12 bits per heavy atom. The molecule has 11 heteroatoms. The number of ether oxygens (including phenoxy) is 1. The molecule has 1 N–H and O–H groups in total. The molecule has 1 atom stereocenters. The smallest absolute Gasteiger partial charge is 0.264 e. The maximum atomic E-state index is 14.0. The van der Waals surface area contributed by atoms with Gasteiger partial charge in [-0.05, 0) is 86.0 Å². The van der Waals surface area contributed by atoms with Crippen molar-refractivity contribution in [3.05, 3.63) is 87.9 Å². The number of benzene rings is 3. The molecule has 0 aliphatic carbocycles. The summed E-state index contributed by atoms with van der Waals surface area (Å²) in [5, 5.41) is 3.26. The molecule has 0 aliphatic heterocycles. The van der Waals surface area contributed by atoms with Gasteiger partial charge in [0.05, 0.1) is 17.2 Å². The first-order valence-corrected chi connectivity index (χ1v) is 15.9. The van der Waals surface area contributed by atoms with Gasteiger partial charge in [0.1, 0.15) is 18.3 Å². The predicted molar refractivity (Wildman–Crippen MR) is 166 cm³/mol. The van der Waals surface area contributed by atoms with Crippen LogP contribution >= 0.6 is 27.5 Å². The maximum Gasteiger partial charge on any atom is 0.264 e. The molecule has 0 saturated heterocycles. The Hall–Kier alpha value is -3.08. The van der Waals surface area contributed by atoms with Crippen LogP contribution in [0, 0.1) is 5.92 Å². The van der Waals surface area contributed by atoms with E-state index in [1.165, 1.54) is 29.2 Å². The quantitative estimate of drug-likeness (QED) is 0.246. The topological polar surface area (TPSA) is 96.0 Å². The van der Waals surface area contributed by atoms with Crippen molar-refractivity contribution in [2.24, 2.45) is 5.92 Å². The number of nitrogens with zero attached hydrogens (tertiary/aromatic N) is 2. The molecule has 0 fully saturated rings. The van der Waals surface area contributed by atoms with Crippen molar-refractivity contribution in [3.63, 3.8) is 0 Å². The van der Waals surface area contributed by atoms with Gasteiger partial charge >= 0.3 is 0 Å². The zero-order chi connectivity index (χ0) is 30.2. The lowest BCUT2D eigenvalue weighted by Gasteiger charge is -2.32. The number of halogens is 2. The lowest BCUT2D eigenvalue weighted by molar-refractivity contribution is -0.139. The first-order valence-electron chi connectivity index (χ1n) is 13.2. The van der Waals surface area contributed by atoms with Crippen LogP contribution in [-0.2, 0) is 26.2 Å². The van der Waals surface area contributed by atoms with Gasteiger partial charge in [0.2, 0.25) is 11.8 Å². The minimum atomic E-state index is -4.19. The molecular formula is C30H35BrClN3O5S. The Kier molecular flexibility index (Phi) is 11.6. The number of hydrogen-bond acceptors (Lipinski definition) is 5. The average Bonchev–Trinajstić information content (AvgIpc) is 2.94. The number of hydrogen-bond donors (Lipinski definition) is 1. The van der Waals surface area contributed by atoms with E-state index in [1.807, 2.05) is 45.0 Å². The van der Waals surface area contributed by atoms with Crippen molar-refractivity contribution < 1.29 is 22.7 Å². The molecule has 0 bridgehead atoms. The second-order valence-corrected chi connectivity index (χ2v) is 13.1. The van der Waals surface area contributed by atoms with Crippen LogP contribution < -0.4 is 14.4 Å². The zero-order valence-electron chi connectivity index (χ0n) is 23.5. The van der Waals surface area contributed by atoms with Crippen LogP contribution in [0.3, 0.4) is 0 Å². The summed E-state index contributed by atoms with van der Waals surface area (Å²) in [4.78, 5) is 28.4. The van der Waals surface area contributed by atoms with Gasteiger partial charge in [0.15, 0.2) is 0 Å². The van der Waals surface area contributed by atoms with Gasteiger partial charge in [-0.3, -0.25) is 13.9 Å². The molecule has 0 saturated carbocycles. The second kappa shape index (κ2) is 14.7. The lowest BCUT2D eigenvalue weighted by atomic mass is 10.1. The monoisotopic (exact) mass is 663 g/mol. The fraction of sp³-hybridized carbons (Fsp3) is 0.333. The molecule has 3 rings (SSSR count). The minimum Gasteiger partial charge on any atom is -0.494 e. The van der Waals surface area contributed by atoms with Crippen molar-refractivity contribution in [1.82, 2.24) is 10.2 Å². The van der Waals surface area contributed by atoms with Gasteiger partial charge in [0.25, 0.3) is 10.0 Å². The molecular weight excluding hydrogens is 630 g/mol. The van der Waals surface area contributed by atoms with Crippen LogP contribution in [-0.4, -0.2) is 50.9 Å². The Bertz CT molecular complexity index is 1420. The third-order valence-corrected chi connectivity index (χ3v) is 8.80. The molecule has 0 heterocycles. The van der Waals surface area contributed by atoms with Crippen molar-refractivity contribution in [3.8, 4) is 5.75 Å². The molecule has 0 radical (unpaired) electrons. The fourth-order valence-corrected chi connectivity index (χ4v) is 5.76. The third-order valence-electron chi connectivity index (χ3n) is 6.23. The van der Waals surface area contributed by atoms with Gasteiger partial charge in [0, 0.05) is 22.6 Å². The number of amides is 2. The van der Waals surface area contributed by atoms with Crippen molar-refractivity contribution in [2.45, 2.75) is 45.2 Å². The van der Waals surface area contributed by atoms with E-state index >= 15 is 0 Å². The van der Waals surface area contributed by atoms with Crippen molar-refractivity contribution in [1.29, 1.82) is 0 Å². The largest absolute Gasteiger partial charge is 0.494 e. The normalized spacial score (nSPS) is 12.1. The van der Waals surface area contributed by atoms with E-state index in [9.17, 15) is 18.0 Å². The highest BCUT2D eigenvalue weighted by Crippen LogP contribution is 2.27. The van der Waals surface area contributed by atoms with E-state index in [4.69, 9.17) is 16.3 Å². The summed E-state index contributed by atoms with van der Waals surface area (Å²) in [5.74, 6) is -0.0657. The zero-order valence-corrected chi connectivity index (χ0v) is 26.7. The second-order valence-electron chi connectivity index (χ2n) is 9.86. The van der Waals surface area contributed by atoms with E-state index in [0.29, 0.717) is 23.9 Å². The van der Waals surface area contributed by atoms with E-state index in [-0.39, 0.29) is 29.0 Å². The maximum absolute atomic E-state index is 14.0. The van der Waals surface area contributed by atoms with Gasteiger partial charge in [-0.2, -0.15) is 0 Å².